The molecule has 0 radical (unpaired) electrons. The van der Waals surface area contributed by atoms with E-state index < -0.39 is 5.91 Å². The Hall–Kier alpha value is -3.65. The smallest absolute Gasteiger partial charge is 0.293 e. The van der Waals surface area contributed by atoms with Crippen molar-refractivity contribution >= 4 is 33.3 Å². The summed E-state index contributed by atoms with van der Waals surface area (Å²) in [5.41, 5.74) is 1.63. The monoisotopic (exact) mass is 392 g/mol. The summed E-state index contributed by atoms with van der Waals surface area (Å²) in [5.74, 6) is 0.755. The van der Waals surface area contributed by atoms with Crippen molar-refractivity contribution in [3.63, 3.8) is 0 Å². The average molecular weight is 392 g/mol. The van der Waals surface area contributed by atoms with Crippen LogP contribution in [0.4, 0.5) is 5.13 Å². The van der Waals surface area contributed by atoms with E-state index in [1.54, 1.807) is 24.3 Å². The van der Waals surface area contributed by atoms with Gasteiger partial charge in [0.25, 0.3) is 5.91 Å². The lowest BCUT2D eigenvalue weighted by Crippen LogP contribution is -2.14. The van der Waals surface area contributed by atoms with E-state index in [-0.39, 0.29) is 18.0 Å². The van der Waals surface area contributed by atoms with E-state index >= 15 is 0 Å². The maximum atomic E-state index is 12.5. The zero-order valence-corrected chi connectivity index (χ0v) is 15.1. The van der Waals surface area contributed by atoms with Crippen molar-refractivity contribution in [3.05, 3.63) is 69.9 Å². The van der Waals surface area contributed by atoms with Crippen LogP contribution in [0.5, 0.6) is 11.5 Å². The lowest BCUT2D eigenvalue weighted by molar-refractivity contribution is 0.0997. The van der Waals surface area contributed by atoms with Crippen LogP contribution in [-0.2, 0) is 0 Å². The highest BCUT2D eigenvalue weighted by molar-refractivity contribution is 7.14. The van der Waals surface area contributed by atoms with E-state index in [0.717, 1.165) is 5.56 Å². The molecule has 0 spiro atoms. The number of nitrogens with zero attached hydrogens (tertiary/aromatic N) is 1. The zero-order chi connectivity index (χ0) is 19.1. The number of ether oxygens (including phenoxy) is 2. The molecule has 1 aliphatic rings. The molecule has 0 atom stereocenters. The predicted molar refractivity (Wildman–Crippen MR) is 104 cm³/mol. The second-order valence-electron chi connectivity index (χ2n) is 6.03. The molecule has 0 fully saturated rings. The normalized spacial score (nSPS) is 12.3. The van der Waals surface area contributed by atoms with E-state index in [9.17, 15) is 9.59 Å². The lowest BCUT2D eigenvalue weighted by atomic mass is 10.1. The zero-order valence-electron chi connectivity index (χ0n) is 14.3. The van der Waals surface area contributed by atoms with Gasteiger partial charge in [-0.25, -0.2) is 4.98 Å². The first-order chi connectivity index (χ1) is 13.7. The average Bonchev–Trinajstić information content (AvgIpc) is 3.36. The molecular weight excluding hydrogens is 380 g/mol. The molecule has 5 rings (SSSR count). The lowest BCUT2D eigenvalue weighted by Gasteiger charge is -2.03. The number of hydrogen-bond acceptors (Lipinski definition) is 7. The Bertz CT molecular complexity index is 1280. The minimum absolute atomic E-state index is 0.0662. The van der Waals surface area contributed by atoms with E-state index in [0.29, 0.717) is 33.3 Å². The molecule has 0 bridgehead atoms. The molecule has 2 aromatic carbocycles. The number of carbonyl (C=O) groups is 1. The molecule has 3 heterocycles. The largest absolute Gasteiger partial charge is 0.454 e. The molecule has 4 aromatic rings. The van der Waals surface area contributed by atoms with Gasteiger partial charge in [-0.05, 0) is 30.3 Å². The van der Waals surface area contributed by atoms with Crippen LogP contribution < -0.4 is 20.2 Å². The quantitative estimate of drug-likeness (QED) is 0.569. The molecule has 0 saturated heterocycles. The van der Waals surface area contributed by atoms with Gasteiger partial charge >= 0.3 is 0 Å². The standard InChI is InChI=1S/C20H12N2O5S/c23-14-8-18(27-15-4-2-1-3-12(14)15)19(24)22-20-21-13(9-28-20)11-5-6-16-17(7-11)26-10-25-16/h1-9H,10H2,(H,21,22,24). The van der Waals surface area contributed by atoms with Gasteiger partial charge in [-0.15, -0.1) is 11.3 Å². The first-order valence-electron chi connectivity index (χ1n) is 8.37. The number of nitrogens with one attached hydrogen (secondary N) is 1. The number of rotatable bonds is 3. The van der Waals surface area contributed by atoms with Gasteiger partial charge < -0.3 is 13.9 Å². The van der Waals surface area contributed by atoms with E-state index in [1.807, 2.05) is 23.6 Å². The van der Waals surface area contributed by atoms with Gasteiger partial charge in [-0.2, -0.15) is 0 Å². The molecule has 8 heteroatoms. The number of hydrogen-bond donors (Lipinski definition) is 1. The number of amides is 1. The Morgan fingerprint density at radius 2 is 1.93 bits per heavy atom. The second kappa shape index (κ2) is 6.50. The molecule has 28 heavy (non-hydrogen) atoms. The number of benzene rings is 2. The summed E-state index contributed by atoms with van der Waals surface area (Å²) in [5, 5.41) is 5.32. The summed E-state index contributed by atoms with van der Waals surface area (Å²) in [6, 6.07) is 13.5. The third-order valence-electron chi connectivity index (χ3n) is 4.25. The van der Waals surface area contributed by atoms with Gasteiger partial charge in [0, 0.05) is 17.0 Å². The number of aromatic nitrogens is 1. The van der Waals surface area contributed by atoms with Crippen molar-refractivity contribution in [2.45, 2.75) is 0 Å². The van der Waals surface area contributed by atoms with Crippen molar-refractivity contribution < 1.29 is 18.7 Å². The Morgan fingerprint density at radius 3 is 2.86 bits per heavy atom. The molecule has 1 amide bonds. The number of para-hydroxylation sites is 1. The van der Waals surface area contributed by atoms with Gasteiger partial charge in [0.2, 0.25) is 6.79 Å². The summed E-state index contributed by atoms with van der Waals surface area (Å²) in [6.45, 7) is 0.202. The maximum absolute atomic E-state index is 12.5. The van der Waals surface area contributed by atoms with Crippen LogP contribution in [0.15, 0.2) is 63.1 Å². The maximum Gasteiger partial charge on any atom is 0.293 e. The van der Waals surface area contributed by atoms with Crippen LogP contribution in [0.3, 0.4) is 0 Å². The summed E-state index contributed by atoms with van der Waals surface area (Å²) >= 11 is 1.27. The Labute approximate surface area is 162 Å². The Kier molecular flexibility index (Phi) is 3.84. The van der Waals surface area contributed by atoms with Crippen LogP contribution in [0, 0.1) is 0 Å². The highest BCUT2D eigenvalue weighted by Gasteiger charge is 2.17. The molecule has 0 saturated carbocycles. The molecule has 138 valence electrons. The molecule has 0 aliphatic carbocycles. The summed E-state index contributed by atoms with van der Waals surface area (Å²) in [4.78, 5) is 29.1. The van der Waals surface area contributed by atoms with Gasteiger partial charge in [0.15, 0.2) is 27.8 Å². The summed E-state index contributed by atoms with van der Waals surface area (Å²) in [7, 11) is 0. The first kappa shape index (κ1) is 16.5. The molecule has 2 aromatic heterocycles. The van der Waals surface area contributed by atoms with E-state index in [1.165, 1.54) is 17.4 Å². The van der Waals surface area contributed by atoms with Crippen LogP contribution >= 0.6 is 11.3 Å². The van der Waals surface area contributed by atoms with E-state index in [4.69, 9.17) is 13.9 Å². The molecule has 7 nitrogen and oxygen atoms in total. The minimum atomic E-state index is -0.533. The van der Waals surface area contributed by atoms with Crippen molar-refractivity contribution in [1.29, 1.82) is 0 Å². The van der Waals surface area contributed by atoms with Crippen LogP contribution in [0.1, 0.15) is 10.6 Å². The van der Waals surface area contributed by atoms with Crippen LogP contribution in [-0.4, -0.2) is 17.7 Å². The van der Waals surface area contributed by atoms with Crippen molar-refractivity contribution in [2.75, 3.05) is 12.1 Å². The number of anilines is 1. The third-order valence-corrected chi connectivity index (χ3v) is 5.01. The molecule has 1 N–H and O–H groups in total. The minimum Gasteiger partial charge on any atom is -0.454 e. The predicted octanol–water partition coefficient (Wildman–Crippen LogP) is 3.90. The SMILES string of the molecule is O=C(Nc1nc(-c2ccc3c(c2)OCO3)cs1)c1cc(=O)c2ccccc2o1. The number of thiazole rings is 1. The fraction of sp³-hybridized carbons (Fsp3) is 0.0500. The van der Waals surface area contributed by atoms with Crippen molar-refractivity contribution in [1.82, 2.24) is 4.98 Å². The van der Waals surface area contributed by atoms with Crippen LogP contribution in [0.2, 0.25) is 0 Å². The third kappa shape index (κ3) is 2.89. The highest BCUT2D eigenvalue weighted by atomic mass is 32.1. The Balaban J connectivity index is 1.40. The second-order valence-corrected chi connectivity index (χ2v) is 6.89. The molecular formula is C20H12N2O5S. The van der Waals surface area contributed by atoms with Crippen molar-refractivity contribution in [2.24, 2.45) is 0 Å². The molecule has 0 unspecified atom stereocenters. The highest BCUT2D eigenvalue weighted by Crippen LogP contribution is 2.36. The van der Waals surface area contributed by atoms with Gasteiger partial charge in [0.1, 0.15) is 5.58 Å². The fourth-order valence-electron chi connectivity index (χ4n) is 2.89. The molecule has 1 aliphatic heterocycles. The van der Waals surface area contributed by atoms with Gasteiger partial charge in [-0.1, -0.05) is 12.1 Å². The number of fused-ring (bicyclic) bond motifs is 2. The van der Waals surface area contributed by atoms with Crippen molar-refractivity contribution in [3.8, 4) is 22.8 Å². The van der Waals surface area contributed by atoms with E-state index in [2.05, 4.69) is 10.3 Å². The summed E-state index contributed by atoms with van der Waals surface area (Å²) < 4.78 is 16.2. The summed E-state index contributed by atoms with van der Waals surface area (Å²) in [6.07, 6.45) is 0. The van der Waals surface area contributed by atoms with Gasteiger partial charge in [0.05, 0.1) is 11.1 Å². The number of carbonyl (C=O) groups excluding carboxylic acids is 1. The Morgan fingerprint density at radius 1 is 1.07 bits per heavy atom. The fourth-order valence-corrected chi connectivity index (χ4v) is 3.61. The first-order valence-corrected chi connectivity index (χ1v) is 9.25. The topological polar surface area (TPSA) is 90.7 Å². The van der Waals surface area contributed by atoms with Gasteiger partial charge in [-0.3, -0.25) is 14.9 Å². The van der Waals surface area contributed by atoms with Crippen LogP contribution in [0.25, 0.3) is 22.2 Å².